The zero-order chi connectivity index (χ0) is 12.1. The number of aromatic nitrogens is 1. The minimum absolute atomic E-state index is 0.450. The van der Waals surface area contributed by atoms with E-state index in [1.807, 2.05) is 26.1 Å². The van der Waals surface area contributed by atoms with Crippen molar-refractivity contribution in [3.63, 3.8) is 0 Å². The molecule has 1 rings (SSSR count). The number of rotatable bonds is 4. The Labute approximate surface area is 97.7 Å². The van der Waals surface area contributed by atoms with Crippen molar-refractivity contribution in [1.29, 1.82) is 5.26 Å². The lowest BCUT2D eigenvalue weighted by Gasteiger charge is -2.26. The molecule has 0 aromatic carbocycles. The monoisotopic (exact) mass is 217 g/mol. The summed E-state index contributed by atoms with van der Waals surface area (Å²) in [6, 6.07) is 6.27. The van der Waals surface area contributed by atoms with Crippen LogP contribution < -0.4 is 4.90 Å². The largest absolute Gasteiger partial charge is 0.357 e. The summed E-state index contributed by atoms with van der Waals surface area (Å²) in [7, 11) is 2.03. The highest BCUT2D eigenvalue weighted by Crippen LogP contribution is 2.17. The van der Waals surface area contributed by atoms with E-state index < -0.39 is 0 Å². The summed E-state index contributed by atoms with van der Waals surface area (Å²) in [6.07, 6.45) is 2.29. The highest BCUT2D eigenvalue weighted by Gasteiger charge is 2.11. The van der Waals surface area contributed by atoms with Crippen LogP contribution in [-0.2, 0) is 0 Å². The van der Waals surface area contributed by atoms with Gasteiger partial charge in [-0.2, -0.15) is 5.26 Å². The Morgan fingerprint density at radius 1 is 1.50 bits per heavy atom. The van der Waals surface area contributed by atoms with Crippen LogP contribution in [0.1, 0.15) is 37.9 Å². The van der Waals surface area contributed by atoms with E-state index in [1.54, 1.807) is 0 Å². The normalized spacial score (nSPS) is 11.9. The maximum absolute atomic E-state index is 8.91. The first-order valence-corrected chi connectivity index (χ1v) is 5.70. The Hall–Kier alpha value is -1.56. The van der Waals surface area contributed by atoms with E-state index >= 15 is 0 Å². The Morgan fingerprint density at radius 3 is 2.75 bits per heavy atom. The summed E-state index contributed by atoms with van der Waals surface area (Å²) < 4.78 is 0. The van der Waals surface area contributed by atoms with Crippen LogP contribution in [0, 0.1) is 18.3 Å². The van der Waals surface area contributed by atoms with Crippen LogP contribution in [0.25, 0.3) is 0 Å². The summed E-state index contributed by atoms with van der Waals surface area (Å²) >= 11 is 0. The molecule has 86 valence electrons. The van der Waals surface area contributed by atoms with Gasteiger partial charge in [-0.3, -0.25) is 0 Å². The van der Waals surface area contributed by atoms with Gasteiger partial charge in [0.1, 0.15) is 5.82 Å². The molecule has 0 radical (unpaired) electrons. The molecule has 1 unspecified atom stereocenters. The third-order valence-electron chi connectivity index (χ3n) is 2.80. The van der Waals surface area contributed by atoms with Crippen LogP contribution in [0.5, 0.6) is 0 Å². The first kappa shape index (κ1) is 12.5. The predicted octanol–water partition coefficient (Wildman–Crippen LogP) is 2.89. The van der Waals surface area contributed by atoms with Crippen molar-refractivity contribution in [1.82, 2.24) is 4.98 Å². The van der Waals surface area contributed by atoms with E-state index in [4.69, 9.17) is 5.26 Å². The van der Waals surface area contributed by atoms with E-state index in [2.05, 4.69) is 29.8 Å². The fourth-order valence-electron chi connectivity index (χ4n) is 1.73. The van der Waals surface area contributed by atoms with Crippen molar-refractivity contribution < 1.29 is 0 Å². The number of hydrogen-bond donors (Lipinski definition) is 0. The first-order valence-electron chi connectivity index (χ1n) is 5.70. The molecule has 0 fully saturated rings. The molecule has 0 aliphatic heterocycles. The van der Waals surface area contributed by atoms with Crippen LogP contribution in [-0.4, -0.2) is 18.1 Å². The molecule has 0 bridgehead atoms. The molecule has 3 heteroatoms. The van der Waals surface area contributed by atoms with Crippen LogP contribution >= 0.6 is 0 Å². The molecule has 0 N–H and O–H groups in total. The first-order chi connectivity index (χ1) is 7.58. The Bertz CT molecular complexity index is 393. The van der Waals surface area contributed by atoms with Gasteiger partial charge in [0.15, 0.2) is 0 Å². The van der Waals surface area contributed by atoms with Gasteiger partial charge in [-0.05, 0) is 32.4 Å². The van der Waals surface area contributed by atoms with Crippen molar-refractivity contribution in [2.24, 2.45) is 0 Å². The van der Waals surface area contributed by atoms with Gasteiger partial charge in [-0.1, -0.05) is 13.3 Å². The fraction of sp³-hybridized carbons (Fsp3) is 0.538. The lowest BCUT2D eigenvalue weighted by Crippen LogP contribution is -2.29. The maximum Gasteiger partial charge on any atom is 0.130 e. The maximum atomic E-state index is 8.91. The van der Waals surface area contributed by atoms with Gasteiger partial charge in [0.2, 0.25) is 0 Å². The smallest absolute Gasteiger partial charge is 0.130 e. The standard InChI is InChI=1S/C13H19N3/c1-5-6-11(3)16(4)13-8-12(9-14)7-10(2)15-13/h7-8,11H,5-6H2,1-4H3. The molecule has 3 nitrogen and oxygen atoms in total. The minimum atomic E-state index is 0.450. The number of nitrogens with zero attached hydrogens (tertiary/aromatic N) is 3. The quantitative estimate of drug-likeness (QED) is 0.778. The second kappa shape index (κ2) is 5.50. The summed E-state index contributed by atoms with van der Waals surface area (Å²) in [4.78, 5) is 6.60. The molecule has 0 aliphatic carbocycles. The SMILES string of the molecule is CCCC(C)N(C)c1cc(C#N)cc(C)n1. The number of pyridine rings is 1. The number of anilines is 1. The Kier molecular flexibility index (Phi) is 4.30. The highest BCUT2D eigenvalue weighted by atomic mass is 15.2. The number of aryl methyl sites for hydroxylation is 1. The molecular weight excluding hydrogens is 198 g/mol. The fourth-order valence-corrected chi connectivity index (χ4v) is 1.73. The lowest BCUT2D eigenvalue weighted by atomic mass is 10.1. The topological polar surface area (TPSA) is 39.9 Å². The molecule has 0 aliphatic rings. The summed E-state index contributed by atoms with van der Waals surface area (Å²) in [6.45, 7) is 6.27. The summed E-state index contributed by atoms with van der Waals surface area (Å²) in [5.74, 6) is 0.887. The molecule has 16 heavy (non-hydrogen) atoms. The molecule has 0 saturated heterocycles. The van der Waals surface area contributed by atoms with Gasteiger partial charge in [0.25, 0.3) is 0 Å². The zero-order valence-electron chi connectivity index (χ0n) is 10.5. The average molecular weight is 217 g/mol. The lowest BCUT2D eigenvalue weighted by molar-refractivity contribution is 0.611. The van der Waals surface area contributed by atoms with E-state index in [-0.39, 0.29) is 0 Å². The second-order valence-corrected chi connectivity index (χ2v) is 4.22. The van der Waals surface area contributed by atoms with Crippen molar-refractivity contribution in [2.75, 3.05) is 11.9 Å². The van der Waals surface area contributed by atoms with Gasteiger partial charge in [-0.25, -0.2) is 4.98 Å². The number of nitriles is 1. The van der Waals surface area contributed by atoms with E-state index in [9.17, 15) is 0 Å². The van der Waals surface area contributed by atoms with Crippen molar-refractivity contribution in [3.05, 3.63) is 23.4 Å². The highest BCUT2D eigenvalue weighted by molar-refractivity contribution is 5.46. The van der Waals surface area contributed by atoms with Gasteiger partial charge in [0, 0.05) is 18.8 Å². The van der Waals surface area contributed by atoms with Crippen molar-refractivity contribution in [2.45, 2.75) is 39.7 Å². The van der Waals surface area contributed by atoms with Crippen molar-refractivity contribution >= 4 is 5.82 Å². The van der Waals surface area contributed by atoms with Crippen molar-refractivity contribution in [3.8, 4) is 6.07 Å². The van der Waals surface area contributed by atoms with Crippen LogP contribution in [0.4, 0.5) is 5.82 Å². The molecule has 1 aromatic rings. The predicted molar refractivity (Wildman–Crippen MR) is 66.5 cm³/mol. The third kappa shape index (κ3) is 2.96. The molecule has 1 aromatic heterocycles. The van der Waals surface area contributed by atoms with E-state index in [0.29, 0.717) is 11.6 Å². The Morgan fingerprint density at radius 2 is 2.19 bits per heavy atom. The Balaban J connectivity index is 2.95. The minimum Gasteiger partial charge on any atom is -0.357 e. The van der Waals surface area contributed by atoms with Gasteiger partial charge in [0.05, 0.1) is 11.6 Å². The molecule has 1 heterocycles. The number of hydrogen-bond acceptors (Lipinski definition) is 3. The summed E-state index contributed by atoms with van der Waals surface area (Å²) in [5, 5.41) is 8.91. The molecule has 0 spiro atoms. The summed E-state index contributed by atoms with van der Waals surface area (Å²) in [5.41, 5.74) is 1.57. The van der Waals surface area contributed by atoms with Crippen LogP contribution in [0.15, 0.2) is 12.1 Å². The van der Waals surface area contributed by atoms with E-state index in [0.717, 1.165) is 24.4 Å². The third-order valence-corrected chi connectivity index (χ3v) is 2.80. The van der Waals surface area contributed by atoms with E-state index in [1.165, 1.54) is 0 Å². The molecule has 0 amide bonds. The second-order valence-electron chi connectivity index (χ2n) is 4.22. The van der Waals surface area contributed by atoms with Gasteiger partial charge in [-0.15, -0.1) is 0 Å². The zero-order valence-corrected chi connectivity index (χ0v) is 10.5. The van der Waals surface area contributed by atoms with Crippen LogP contribution in [0.3, 0.4) is 0 Å². The molecular formula is C13H19N3. The molecule has 0 saturated carbocycles. The molecule has 1 atom stereocenters. The average Bonchev–Trinajstić information content (AvgIpc) is 2.27. The van der Waals surface area contributed by atoms with Gasteiger partial charge < -0.3 is 4.90 Å². The van der Waals surface area contributed by atoms with Gasteiger partial charge >= 0.3 is 0 Å². The van der Waals surface area contributed by atoms with Crippen LogP contribution in [0.2, 0.25) is 0 Å².